The summed E-state index contributed by atoms with van der Waals surface area (Å²) >= 11 is 1.54. The van der Waals surface area contributed by atoms with E-state index in [9.17, 15) is 15.2 Å². The minimum Gasteiger partial charge on any atom is -0.497 e. The Balaban J connectivity index is 1.89. The first-order valence-corrected chi connectivity index (χ1v) is 10.1. The normalized spacial score (nSPS) is 22.8. The quantitative estimate of drug-likeness (QED) is 0.343. The van der Waals surface area contributed by atoms with Crippen molar-refractivity contribution in [1.82, 2.24) is 9.55 Å². The van der Waals surface area contributed by atoms with E-state index in [2.05, 4.69) is 9.98 Å². The molecular weight excluding hydrogens is 380 g/mol. The van der Waals surface area contributed by atoms with E-state index in [0.29, 0.717) is 18.6 Å². The highest BCUT2D eigenvalue weighted by Crippen LogP contribution is 2.41. The Hall–Kier alpha value is -2.39. The van der Waals surface area contributed by atoms with Gasteiger partial charge in [0.25, 0.3) is 0 Å². The van der Waals surface area contributed by atoms with Crippen LogP contribution in [0.5, 0.6) is 5.75 Å². The van der Waals surface area contributed by atoms with E-state index in [0.717, 1.165) is 29.2 Å². The molecule has 1 saturated carbocycles. The number of hydrogen-bond donors (Lipinski definition) is 1. The Labute approximate surface area is 167 Å². The molecule has 0 spiro atoms. The number of rotatable bonds is 6. The van der Waals surface area contributed by atoms with Crippen molar-refractivity contribution in [1.29, 1.82) is 0 Å². The van der Waals surface area contributed by atoms with Gasteiger partial charge in [-0.15, -0.1) is 11.8 Å². The van der Waals surface area contributed by atoms with Gasteiger partial charge in [0.1, 0.15) is 17.5 Å². The molecule has 2 atom stereocenters. The highest BCUT2D eigenvalue weighted by molar-refractivity contribution is 8.13. The SMILES string of the molecule is C/N=C(/SCc1ccc(OC)cc1)C1(n2cnc([N+](=O)[O-])c2)CCCCC1O. The number of nitro groups is 1. The number of ether oxygens (including phenoxy) is 1. The van der Waals surface area contributed by atoms with Crippen LogP contribution in [-0.4, -0.2) is 44.9 Å². The van der Waals surface area contributed by atoms with E-state index in [1.165, 1.54) is 12.5 Å². The second-order valence-electron chi connectivity index (χ2n) is 6.75. The maximum Gasteiger partial charge on any atom is 0.381 e. The fourth-order valence-electron chi connectivity index (χ4n) is 3.68. The van der Waals surface area contributed by atoms with Gasteiger partial charge < -0.3 is 20.0 Å². The number of hydrogen-bond acceptors (Lipinski definition) is 7. The average Bonchev–Trinajstić information content (AvgIpc) is 3.21. The third-order valence-electron chi connectivity index (χ3n) is 5.16. The number of aliphatic imine (C=N–C) groups is 1. The van der Waals surface area contributed by atoms with Gasteiger partial charge in [-0.1, -0.05) is 25.0 Å². The second kappa shape index (κ2) is 8.74. The largest absolute Gasteiger partial charge is 0.497 e. The molecule has 0 aliphatic heterocycles. The summed E-state index contributed by atoms with van der Waals surface area (Å²) in [5.41, 5.74) is 0.273. The maximum atomic E-state index is 11.1. The summed E-state index contributed by atoms with van der Waals surface area (Å²) in [5.74, 6) is 1.23. The zero-order valence-electron chi connectivity index (χ0n) is 15.9. The lowest BCUT2D eigenvalue weighted by Crippen LogP contribution is -2.52. The Morgan fingerprint density at radius 3 is 2.79 bits per heavy atom. The van der Waals surface area contributed by atoms with Crippen molar-refractivity contribution in [2.24, 2.45) is 4.99 Å². The third kappa shape index (κ3) is 3.90. The van der Waals surface area contributed by atoms with Gasteiger partial charge in [-0.05, 0) is 40.4 Å². The number of imidazole rings is 1. The van der Waals surface area contributed by atoms with Crippen LogP contribution in [0.2, 0.25) is 0 Å². The Morgan fingerprint density at radius 1 is 1.46 bits per heavy atom. The summed E-state index contributed by atoms with van der Waals surface area (Å²) in [5, 5.41) is 22.8. The molecule has 0 bridgehead atoms. The highest BCUT2D eigenvalue weighted by atomic mass is 32.2. The molecule has 9 heteroatoms. The zero-order valence-corrected chi connectivity index (χ0v) is 16.8. The van der Waals surface area contributed by atoms with Gasteiger partial charge in [-0.2, -0.15) is 0 Å². The van der Waals surface area contributed by atoms with Crippen molar-refractivity contribution < 1.29 is 14.8 Å². The summed E-state index contributed by atoms with van der Waals surface area (Å²) in [4.78, 5) is 19.0. The number of aliphatic hydroxyl groups is 1. The molecule has 1 aromatic heterocycles. The molecule has 1 N–H and O–H groups in total. The number of thioether (sulfide) groups is 1. The lowest BCUT2D eigenvalue weighted by molar-refractivity contribution is -0.389. The van der Waals surface area contributed by atoms with E-state index in [4.69, 9.17) is 4.74 Å². The standard InChI is InChI=1S/C19H24N4O4S/c1-20-18(28-12-14-6-8-15(27-2)9-7-14)19(10-4-3-5-16(19)24)22-11-17(21-13-22)23(25)26/h6-9,11,13,16,24H,3-5,10,12H2,1-2H3/b20-18+. The number of aromatic nitrogens is 2. The Morgan fingerprint density at radius 2 is 2.21 bits per heavy atom. The topological polar surface area (TPSA) is 103 Å². The molecule has 2 aromatic rings. The van der Waals surface area contributed by atoms with E-state index in [1.807, 2.05) is 24.3 Å². The molecule has 8 nitrogen and oxygen atoms in total. The van der Waals surface area contributed by atoms with Crippen LogP contribution in [0.15, 0.2) is 41.8 Å². The second-order valence-corrected chi connectivity index (χ2v) is 7.71. The summed E-state index contributed by atoms with van der Waals surface area (Å²) in [6.45, 7) is 0. The lowest BCUT2D eigenvalue weighted by Gasteiger charge is -2.42. The van der Waals surface area contributed by atoms with Gasteiger partial charge in [0.15, 0.2) is 0 Å². The molecule has 0 amide bonds. The molecule has 150 valence electrons. The fraction of sp³-hybridized carbons (Fsp3) is 0.474. The van der Waals surface area contributed by atoms with Crippen molar-refractivity contribution in [3.8, 4) is 5.75 Å². The van der Waals surface area contributed by atoms with E-state index < -0.39 is 16.6 Å². The number of aliphatic hydroxyl groups excluding tert-OH is 1. The molecular formula is C19H24N4O4S. The van der Waals surface area contributed by atoms with Crippen LogP contribution < -0.4 is 4.74 Å². The van der Waals surface area contributed by atoms with E-state index >= 15 is 0 Å². The van der Waals surface area contributed by atoms with Gasteiger partial charge in [0.05, 0.1) is 18.3 Å². The monoisotopic (exact) mass is 404 g/mol. The van der Waals surface area contributed by atoms with Gasteiger partial charge in [-0.3, -0.25) is 9.56 Å². The lowest BCUT2D eigenvalue weighted by atomic mass is 9.79. The Kier molecular flexibility index (Phi) is 6.35. The molecule has 1 heterocycles. The third-order valence-corrected chi connectivity index (χ3v) is 6.45. The number of benzene rings is 1. The molecule has 1 fully saturated rings. The van der Waals surface area contributed by atoms with E-state index in [1.54, 1.807) is 30.5 Å². The van der Waals surface area contributed by atoms with Crippen molar-refractivity contribution in [2.45, 2.75) is 43.1 Å². The summed E-state index contributed by atoms with van der Waals surface area (Å²) in [6.07, 6.45) is 5.25. The van der Waals surface area contributed by atoms with Gasteiger partial charge in [0, 0.05) is 12.8 Å². The fourth-order valence-corrected chi connectivity index (χ4v) is 4.90. The predicted molar refractivity (Wildman–Crippen MR) is 109 cm³/mol. The summed E-state index contributed by atoms with van der Waals surface area (Å²) in [7, 11) is 3.33. The molecule has 1 aromatic carbocycles. The molecule has 3 rings (SSSR count). The van der Waals surface area contributed by atoms with Crippen LogP contribution in [0.3, 0.4) is 0 Å². The summed E-state index contributed by atoms with van der Waals surface area (Å²) < 4.78 is 6.87. The molecule has 1 aliphatic carbocycles. The van der Waals surface area contributed by atoms with Crippen molar-refractivity contribution >= 4 is 22.6 Å². The molecule has 28 heavy (non-hydrogen) atoms. The first kappa shape index (κ1) is 20.3. The predicted octanol–water partition coefficient (Wildman–Crippen LogP) is 3.39. The Bertz CT molecular complexity index is 852. The van der Waals surface area contributed by atoms with Gasteiger partial charge in [-0.25, -0.2) is 0 Å². The molecule has 0 radical (unpaired) electrons. The van der Waals surface area contributed by atoms with Crippen LogP contribution >= 0.6 is 11.8 Å². The maximum absolute atomic E-state index is 11.1. The van der Waals surface area contributed by atoms with Crippen LogP contribution in [0.4, 0.5) is 5.82 Å². The minimum absolute atomic E-state index is 0.229. The van der Waals surface area contributed by atoms with Crippen LogP contribution in [-0.2, 0) is 11.3 Å². The highest BCUT2D eigenvalue weighted by Gasteiger charge is 2.47. The number of nitrogens with zero attached hydrogens (tertiary/aromatic N) is 4. The zero-order chi connectivity index (χ0) is 20.1. The van der Waals surface area contributed by atoms with E-state index in [-0.39, 0.29) is 5.82 Å². The van der Waals surface area contributed by atoms with Gasteiger partial charge >= 0.3 is 5.82 Å². The van der Waals surface area contributed by atoms with Crippen molar-refractivity contribution in [2.75, 3.05) is 14.2 Å². The molecule has 1 aliphatic rings. The average molecular weight is 404 g/mol. The molecule has 2 unspecified atom stereocenters. The molecule has 0 saturated heterocycles. The van der Waals surface area contributed by atoms with Crippen LogP contribution in [0.25, 0.3) is 0 Å². The van der Waals surface area contributed by atoms with Crippen LogP contribution in [0.1, 0.15) is 31.2 Å². The minimum atomic E-state index is -0.828. The van der Waals surface area contributed by atoms with Crippen molar-refractivity contribution in [3.63, 3.8) is 0 Å². The van der Waals surface area contributed by atoms with Crippen molar-refractivity contribution in [3.05, 3.63) is 52.5 Å². The smallest absolute Gasteiger partial charge is 0.381 e. The first-order chi connectivity index (χ1) is 13.5. The number of methoxy groups -OCH3 is 1. The first-order valence-electron chi connectivity index (χ1n) is 9.11. The summed E-state index contributed by atoms with van der Waals surface area (Å²) in [6, 6.07) is 7.79. The van der Waals surface area contributed by atoms with Crippen LogP contribution in [0, 0.1) is 10.1 Å². The van der Waals surface area contributed by atoms with Gasteiger partial charge in [0.2, 0.25) is 6.33 Å².